The Bertz CT molecular complexity index is 741. The van der Waals surface area contributed by atoms with Crippen LogP contribution in [0.15, 0.2) is 10.6 Å². The second-order valence-corrected chi connectivity index (χ2v) is 6.37. The predicted octanol–water partition coefficient (Wildman–Crippen LogP) is 2.26. The number of nitrogens with zero attached hydrogens (tertiary/aromatic N) is 3. The Morgan fingerprint density at radius 3 is 2.91 bits per heavy atom. The van der Waals surface area contributed by atoms with E-state index >= 15 is 0 Å². The van der Waals surface area contributed by atoms with Gasteiger partial charge in [-0.3, -0.25) is 4.79 Å². The molecule has 6 nitrogen and oxygen atoms in total. The largest absolute Gasteiger partial charge is 0.336 e. The van der Waals surface area contributed by atoms with Gasteiger partial charge in [0.25, 0.3) is 11.6 Å². The standard InChI is InChI=1S/C16H20N4O2.ClH/c1-9-8-17-5-6-20(9)16(21)12-7-13(11-3-4-11)18-15-14(12)10(2)19-22-15;/h7,9,11,17H,3-6,8H2,1-2H3;1H/t9-;/m1./s1. The van der Waals surface area contributed by atoms with Gasteiger partial charge in [0.15, 0.2) is 0 Å². The third kappa shape index (κ3) is 2.81. The molecule has 7 heteroatoms. The maximum absolute atomic E-state index is 13.1. The molecule has 2 fully saturated rings. The van der Waals surface area contributed by atoms with Gasteiger partial charge in [-0.05, 0) is 32.8 Å². The Labute approximate surface area is 141 Å². The molecule has 1 N–H and O–H groups in total. The van der Waals surface area contributed by atoms with Crippen LogP contribution < -0.4 is 5.32 Å². The molecule has 0 spiro atoms. The second-order valence-electron chi connectivity index (χ2n) is 6.37. The monoisotopic (exact) mass is 336 g/mol. The fourth-order valence-corrected chi connectivity index (χ4v) is 3.17. The summed E-state index contributed by atoms with van der Waals surface area (Å²) in [6.07, 6.45) is 2.28. The maximum Gasteiger partial charge on any atom is 0.259 e. The first-order valence-electron chi connectivity index (χ1n) is 7.93. The van der Waals surface area contributed by atoms with Crippen molar-refractivity contribution in [2.24, 2.45) is 0 Å². The molecule has 0 radical (unpaired) electrons. The summed E-state index contributed by atoms with van der Waals surface area (Å²) in [6, 6.07) is 2.15. The lowest BCUT2D eigenvalue weighted by Crippen LogP contribution is -2.52. The number of fused-ring (bicyclic) bond motifs is 1. The summed E-state index contributed by atoms with van der Waals surface area (Å²) >= 11 is 0. The highest BCUT2D eigenvalue weighted by molar-refractivity contribution is 6.06. The zero-order valence-electron chi connectivity index (χ0n) is 13.3. The minimum absolute atomic E-state index is 0. The van der Waals surface area contributed by atoms with Crippen LogP contribution >= 0.6 is 12.4 Å². The smallest absolute Gasteiger partial charge is 0.259 e. The molecule has 1 aliphatic carbocycles. The molecule has 0 aromatic carbocycles. The van der Waals surface area contributed by atoms with E-state index in [-0.39, 0.29) is 24.4 Å². The van der Waals surface area contributed by atoms with Crippen LogP contribution in [0.4, 0.5) is 0 Å². The third-order valence-corrected chi connectivity index (χ3v) is 4.63. The third-order valence-electron chi connectivity index (χ3n) is 4.63. The Morgan fingerprint density at radius 1 is 1.43 bits per heavy atom. The van der Waals surface area contributed by atoms with E-state index in [1.165, 1.54) is 0 Å². The van der Waals surface area contributed by atoms with Crippen molar-refractivity contribution in [2.45, 2.75) is 38.6 Å². The fraction of sp³-hybridized carbons (Fsp3) is 0.562. The van der Waals surface area contributed by atoms with Gasteiger partial charge in [-0.25, -0.2) is 4.98 Å². The fourth-order valence-electron chi connectivity index (χ4n) is 3.17. The van der Waals surface area contributed by atoms with Crippen molar-refractivity contribution >= 4 is 29.4 Å². The SMILES string of the molecule is Cc1noc2nc(C3CC3)cc(C(=O)N3CCNC[C@H]3C)c12.Cl. The maximum atomic E-state index is 13.1. The Morgan fingerprint density at radius 2 is 2.22 bits per heavy atom. The van der Waals surface area contributed by atoms with Gasteiger partial charge in [-0.15, -0.1) is 12.4 Å². The Kier molecular flexibility index (Phi) is 4.29. The normalized spacial score (nSPS) is 21.3. The first-order chi connectivity index (χ1) is 10.6. The van der Waals surface area contributed by atoms with Crippen molar-refractivity contribution in [1.82, 2.24) is 20.4 Å². The summed E-state index contributed by atoms with van der Waals surface area (Å²) in [5.74, 6) is 0.538. The van der Waals surface area contributed by atoms with Crippen LogP contribution in [0.25, 0.3) is 11.1 Å². The van der Waals surface area contributed by atoms with Gasteiger partial charge in [-0.2, -0.15) is 0 Å². The van der Waals surface area contributed by atoms with Crippen molar-refractivity contribution in [3.63, 3.8) is 0 Å². The summed E-state index contributed by atoms with van der Waals surface area (Å²) in [5, 5.41) is 8.08. The number of pyridine rings is 1. The van der Waals surface area contributed by atoms with Crippen LogP contribution in [0.5, 0.6) is 0 Å². The number of hydrogen-bond acceptors (Lipinski definition) is 5. The van der Waals surface area contributed by atoms with Crippen LogP contribution in [-0.4, -0.2) is 46.6 Å². The lowest BCUT2D eigenvalue weighted by Gasteiger charge is -2.34. The van der Waals surface area contributed by atoms with Crippen LogP contribution in [0.2, 0.25) is 0 Å². The van der Waals surface area contributed by atoms with Crippen molar-refractivity contribution < 1.29 is 9.32 Å². The average molecular weight is 337 g/mol. The highest BCUT2D eigenvalue weighted by Crippen LogP contribution is 2.40. The highest BCUT2D eigenvalue weighted by Gasteiger charge is 2.31. The molecule has 0 unspecified atom stereocenters. The van der Waals surface area contributed by atoms with Gasteiger partial charge in [0.05, 0.1) is 16.6 Å². The van der Waals surface area contributed by atoms with Crippen molar-refractivity contribution in [2.75, 3.05) is 19.6 Å². The van der Waals surface area contributed by atoms with Gasteiger partial charge >= 0.3 is 0 Å². The molecule has 3 heterocycles. The average Bonchev–Trinajstić information content (AvgIpc) is 3.31. The predicted molar refractivity (Wildman–Crippen MR) is 89.1 cm³/mol. The summed E-state index contributed by atoms with van der Waals surface area (Å²) in [4.78, 5) is 19.6. The summed E-state index contributed by atoms with van der Waals surface area (Å²) in [6.45, 7) is 6.33. The van der Waals surface area contributed by atoms with Gasteiger partial charge < -0.3 is 14.7 Å². The first-order valence-corrected chi connectivity index (χ1v) is 7.93. The molecule has 2 aromatic heterocycles. The number of piperazine rings is 1. The molecule has 0 bridgehead atoms. The van der Waals surface area contributed by atoms with Gasteiger partial charge in [0.2, 0.25) is 0 Å². The van der Waals surface area contributed by atoms with Crippen LogP contribution in [0.3, 0.4) is 0 Å². The molecule has 1 aliphatic heterocycles. The molecule has 1 saturated carbocycles. The first kappa shape index (κ1) is 16.2. The molecule has 1 amide bonds. The minimum Gasteiger partial charge on any atom is -0.336 e. The molecule has 23 heavy (non-hydrogen) atoms. The quantitative estimate of drug-likeness (QED) is 0.910. The summed E-state index contributed by atoms with van der Waals surface area (Å²) in [7, 11) is 0. The van der Waals surface area contributed by atoms with Crippen molar-refractivity contribution in [3.8, 4) is 0 Å². The number of carbonyl (C=O) groups excluding carboxylic acids is 1. The number of rotatable bonds is 2. The van der Waals surface area contributed by atoms with E-state index in [9.17, 15) is 4.79 Å². The van der Waals surface area contributed by atoms with Crippen LogP contribution in [0, 0.1) is 6.92 Å². The topological polar surface area (TPSA) is 71.3 Å². The van der Waals surface area contributed by atoms with Crippen LogP contribution in [0.1, 0.15) is 47.4 Å². The molecule has 2 aromatic rings. The van der Waals surface area contributed by atoms with E-state index in [0.29, 0.717) is 17.2 Å². The zero-order valence-corrected chi connectivity index (χ0v) is 14.2. The minimum atomic E-state index is 0. The second kappa shape index (κ2) is 6.09. The number of nitrogens with one attached hydrogen (secondary N) is 1. The van der Waals surface area contributed by atoms with Crippen molar-refractivity contribution in [1.29, 1.82) is 0 Å². The Balaban J connectivity index is 0.00000156. The van der Waals surface area contributed by atoms with E-state index in [1.807, 2.05) is 17.9 Å². The zero-order chi connectivity index (χ0) is 15.3. The molecular weight excluding hydrogens is 316 g/mol. The molecule has 4 rings (SSSR count). The number of aromatic nitrogens is 2. The lowest BCUT2D eigenvalue weighted by atomic mass is 10.1. The van der Waals surface area contributed by atoms with E-state index < -0.39 is 0 Å². The number of hydrogen-bond donors (Lipinski definition) is 1. The molecule has 124 valence electrons. The summed E-state index contributed by atoms with van der Waals surface area (Å²) < 4.78 is 5.33. The molecule has 1 atom stereocenters. The highest BCUT2D eigenvalue weighted by atomic mass is 35.5. The number of aryl methyl sites for hydroxylation is 1. The lowest BCUT2D eigenvalue weighted by molar-refractivity contribution is 0.0657. The number of halogens is 1. The summed E-state index contributed by atoms with van der Waals surface area (Å²) in [5.41, 5.74) is 2.89. The van der Waals surface area contributed by atoms with E-state index in [1.54, 1.807) is 0 Å². The number of carbonyl (C=O) groups is 1. The van der Waals surface area contributed by atoms with Gasteiger partial charge in [0.1, 0.15) is 0 Å². The van der Waals surface area contributed by atoms with E-state index in [4.69, 9.17) is 4.52 Å². The van der Waals surface area contributed by atoms with Crippen LogP contribution in [-0.2, 0) is 0 Å². The Hall–Kier alpha value is -1.66. The molecule has 2 aliphatic rings. The molecular formula is C16H21ClN4O2. The van der Waals surface area contributed by atoms with E-state index in [2.05, 4.69) is 22.4 Å². The number of amides is 1. The van der Waals surface area contributed by atoms with E-state index in [0.717, 1.165) is 49.2 Å². The van der Waals surface area contributed by atoms with Gasteiger partial charge in [-0.1, -0.05) is 5.16 Å². The van der Waals surface area contributed by atoms with Crippen molar-refractivity contribution in [3.05, 3.63) is 23.0 Å². The molecule has 1 saturated heterocycles. The van der Waals surface area contributed by atoms with Gasteiger partial charge in [0, 0.05) is 37.3 Å².